The molecule has 0 aliphatic carbocycles. The van der Waals surface area contributed by atoms with Crippen molar-refractivity contribution < 1.29 is 14.3 Å². The molecule has 2 rings (SSSR count). The summed E-state index contributed by atoms with van der Waals surface area (Å²) in [6.07, 6.45) is 13.9. The van der Waals surface area contributed by atoms with Gasteiger partial charge in [-0.3, -0.25) is 4.79 Å². The minimum atomic E-state index is -0.294. The summed E-state index contributed by atoms with van der Waals surface area (Å²) in [6, 6.07) is 15.6. The summed E-state index contributed by atoms with van der Waals surface area (Å²) in [5.74, 6) is 1.25. The first kappa shape index (κ1) is 26.4. The molecule has 0 saturated heterocycles. The number of nitrogens with one attached hydrogen (secondary N) is 1. The minimum absolute atomic E-state index is 0.0717. The third-order valence-electron chi connectivity index (χ3n) is 5.41. The van der Waals surface area contributed by atoms with E-state index < -0.39 is 0 Å². The van der Waals surface area contributed by atoms with Gasteiger partial charge in [-0.05, 0) is 66.8 Å². The van der Waals surface area contributed by atoms with Crippen molar-refractivity contribution in [2.45, 2.75) is 78.1 Å². The van der Waals surface area contributed by atoms with E-state index in [4.69, 9.17) is 9.47 Å². The number of amides is 1. The minimum Gasteiger partial charge on any atom is -0.494 e. The highest BCUT2D eigenvalue weighted by molar-refractivity contribution is 5.83. The number of ether oxygens (including phenoxy) is 2. The molecule has 0 unspecified atom stereocenters. The Labute approximate surface area is 199 Å². The van der Waals surface area contributed by atoms with E-state index >= 15 is 0 Å². The molecule has 0 aliphatic heterocycles. The molecular formula is C28H40N2O3. The van der Waals surface area contributed by atoms with E-state index in [0.717, 1.165) is 30.8 Å². The maximum Gasteiger partial charge on any atom is 0.277 e. The zero-order valence-corrected chi connectivity index (χ0v) is 20.4. The molecule has 2 aromatic carbocycles. The summed E-state index contributed by atoms with van der Waals surface area (Å²) in [5.41, 5.74) is 4.68. The van der Waals surface area contributed by atoms with Crippen LogP contribution in [0, 0.1) is 0 Å². The predicted molar refractivity (Wildman–Crippen MR) is 136 cm³/mol. The summed E-state index contributed by atoms with van der Waals surface area (Å²) >= 11 is 0. The van der Waals surface area contributed by atoms with Crippen molar-refractivity contribution in [1.82, 2.24) is 5.43 Å². The van der Waals surface area contributed by atoms with Crippen LogP contribution >= 0.6 is 0 Å². The van der Waals surface area contributed by atoms with Gasteiger partial charge < -0.3 is 9.47 Å². The first-order valence-electron chi connectivity index (χ1n) is 12.5. The third-order valence-corrected chi connectivity index (χ3v) is 5.41. The fourth-order valence-corrected chi connectivity index (χ4v) is 3.41. The number of carbonyl (C=O) groups excluding carboxylic acids is 1. The van der Waals surface area contributed by atoms with Crippen molar-refractivity contribution in [2.75, 3.05) is 13.2 Å². The Bertz CT molecular complexity index is 801. The second-order valence-corrected chi connectivity index (χ2v) is 8.37. The van der Waals surface area contributed by atoms with Crippen LogP contribution in [0.25, 0.3) is 0 Å². The van der Waals surface area contributed by atoms with Crippen molar-refractivity contribution in [2.24, 2.45) is 5.10 Å². The number of unbranched alkanes of at least 4 members (excludes halogenated alkanes) is 7. The average Bonchev–Trinajstić information content (AvgIpc) is 2.84. The standard InChI is InChI=1S/C28H40N2O3/c1-3-5-7-8-9-11-21-32-26-19-15-25(16-20-26)22-29-30-28(31)23-33-27-17-13-24(14-18-27)12-10-6-4-2/h13-20,22H,3-12,21,23H2,1-2H3,(H,30,31). The number of hydrogen-bond donors (Lipinski definition) is 1. The van der Waals surface area contributed by atoms with Gasteiger partial charge >= 0.3 is 0 Å². The van der Waals surface area contributed by atoms with Gasteiger partial charge in [-0.15, -0.1) is 0 Å². The van der Waals surface area contributed by atoms with Crippen molar-refractivity contribution in [3.8, 4) is 11.5 Å². The highest BCUT2D eigenvalue weighted by Crippen LogP contribution is 2.15. The van der Waals surface area contributed by atoms with Crippen molar-refractivity contribution in [3.05, 3.63) is 59.7 Å². The topological polar surface area (TPSA) is 59.9 Å². The molecular weight excluding hydrogens is 412 g/mol. The van der Waals surface area contributed by atoms with Gasteiger partial charge in [-0.2, -0.15) is 5.10 Å². The lowest BCUT2D eigenvalue weighted by Crippen LogP contribution is -2.24. The van der Waals surface area contributed by atoms with Crippen LogP contribution in [0.4, 0.5) is 0 Å². The molecule has 1 N–H and O–H groups in total. The zero-order chi connectivity index (χ0) is 23.6. The maximum absolute atomic E-state index is 12.0. The average molecular weight is 453 g/mol. The number of rotatable bonds is 17. The van der Waals surface area contributed by atoms with Crippen molar-refractivity contribution >= 4 is 12.1 Å². The zero-order valence-electron chi connectivity index (χ0n) is 20.4. The largest absolute Gasteiger partial charge is 0.494 e. The number of hydrogen-bond acceptors (Lipinski definition) is 4. The van der Waals surface area contributed by atoms with Gasteiger partial charge in [-0.25, -0.2) is 5.43 Å². The lowest BCUT2D eigenvalue weighted by Gasteiger charge is -2.07. The van der Waals surface area contributed by atoms with E-state index in [1.54, 1.807) is 6.21 Å². The van der Waals surface area contributed by atoms with Gasteiger partial charge in [0.25, 0.3) is 5.91 Å². The van der Waals surface area contributed by atoms with Crippen LogP contribution in [-0.4, -0.2) is 25.3 Å². The van der Waals surface area contributed by atoms with Crippen LogP contribution in [0.2, 0.25) is 0 Å². The number of hydrazone groups is 1. The molecule has 1 amide bonds. The van der Waals surface area contributed by atoms with E-state index in [0.29, 0.717) is 5.75 Å². The van der Waals surface area contributed by atoms with Crippen LogP contribution in [0.3, 0.4) is 0 Å². The Balaban J connectivity index is 1.61. The molecule has 0 spiro atoms. The monoisotopic (exact) mass is 452 g/mol. The Kier molecular flexibility index (Phi) is 13.4. The van der Waals surface area contributed by atoms with Gasteiger partial charge in [-0.1, -0.05) is 70.9 Å². The summed E-state index contributed by atoms with van der Waals surface area (Å²) in [4.78, 5) is 12.0. The lowest BCUT2D eigenvalue weighted by molar-refractivity contribution is -0.123. The molecule has 0 fully saturated rings. The molecule has 180 valence electrons. The molecule has 0 bridgehead atoms. The van der Waals surface area contributed by atoms with E-state index in [-0.39, 0.29) is 12.5 Å². The van der Waals surface area contributed by atoms with Crippen LogP contribution in [0.15, 0.2) is 53.6 Å². The number of carbonyl (C=O) groups is 1. The summed E-state index contributed by atoms with van der Waals surface area (Å²) in [7, 11) is 0. The molecule has 0 saturated carbocycles. The van der Waals surface area contributed by atoms with E-state index in [1.165, 1.54) is 56.9 Å². The van der Waals surface area contributed by atoms with Gasteiger partial charge in [0.2, 0.25) is 0 Å². The Hall–Kier alpha value is -2.82. The van der Waals surface area contributed by atoms with Gasteiger partial charge in [0.1, 0.15) is 11.5 Å². The molecule has 33 heavy (non-hydrogen) atoms. The van der Waals surface area contributed by atoms with Crippen LogP contribution < -0.4 is 14.9 Å². The Morgan fingerprint density at radius 3 is 2.12 bits per heavy atom. The molecule has 5 heteroatoms. The SMILES string of the molecule is CCCCCCCCOc1ccc(C=NNC(=O)COc2ccc(CCCCC)cc2)cc1. The van der Waals surface area contributed by atoms with E-state index in [1.807, 2.05) is 36.4 Å². The summed E-state index contributed by atoms with van der Waals surface area (Å²) in [6.45, 7) is 5.11. The molecule has 0 aliphatic rings. The molecule has 0 heterocycles. The van der Waals surface area contributed by atoms with Gasteiger partial charge in [0, 0.05) is 0 Å². The highest BCUT2D eigenvalue weighted by atomic mass is 16.5. The van der Waals surface area contributed by atoms with Crippen LogP contribution in [0.1, 0.15) is 82.8 Å². The quantitative estimate of drug-likeness (QED) is 0.165. The first-order chi connectivity index (χ1) is 16.2. The van der Waals surface area contributed by atoms with Crippen LogP contribution in [0.5, 0.6) is 11.5 Å². The second kappa shape index (κ2) is 16.8. The van der Waals surface area contributed by atoms with Crippen molar-refractivity contribution in [3.63, 3.8) is 0 Å². The number of aryl methyl sites for hydroxylation is 1. The predicted octanol–water partition coefficient (Wildman–Crippen LogP) is 6.69. The Morgan fingerprint density at radius 2 is 1.39 bits per heavy atom. The van der Waals surface area contributed by atoms with Crippen LogP contribution in [-0.2, 0) is 11.2 Å². The third kappa shape index (κ3) is 12.1. The number of nitrogens with zero attached hydrogens (tertiary/aromatic N) is 1. The molecule has 5 nitrogen and oxygen atoms in total. The fraction of sp³-hybridized carbons (Fsp3) is 0.500. The fourth-order valence-electron chi connectivity index (χ4n) is 3.41. The van der Waals surface area contributed by atoms with E-state index in [9.17, 15) is 4.79 Å². The molecule has 0 radical (unpaired) electrons. The van der Waals surface area contributed by atoms with Crippen molar-refractivity contribution in [1.29, 1.82) is 0 Å². The normalized spacial score (nSPS) is 11.0. The first-order valence-corrected chi connectivity index (χ1v) is 12.5. The second-order valence-electron chi connectivity index (χ2n) is 8.37. The smallest absolute Gasteiger partial charge is 0.277 e. The Morgan fingerprint density at radius 1 is 0.788 bits per heavy atom. The van der Waals surface area contributed by atoms with Gasteiger partial charge in [0.05, 0.1) is 12.8 Å². The van der Waals surface area contributed by atoms with E-state index in [2.05, 4.69) is 36.5 Å². The molecule has 0 atom stereocenters. The maximum atomic E-state index is 12.0. The number of benzene rings is 2. The highest BCUT2D eigenvalue weighted by Gasteiger charge is 2.02. The lowest BCUT2D eigenvalue weighted by atomic mass is 10.1. The summed E-state index contributed by atoms with van der Waals surface area (Å²) in [5, 5.41) is 4.00. The summed E-state index contributed by atoms with van der Waals surface area (Å²) < 4.78 is 11.3. The molecule has 0 aromatic heterocycles. The molecule has 2 aromatic rings. The van der Waals surface area contributed by atoms with Gasteiger partial charge in [0.15, 0.2) is 6.61 Å².